The first-order chi connectivity index (χ1) is 17.1. The van der Waals surface area contributed by atoms with Gasteiger partial charge in [-0.3, -0.25) is 4.79 Å². The van der Waals surface area contributed by atoms with Gasteiger partial charge in [-0.2, -0.15) is 0 Å². The Hall–Kier alpha value is -1.45. The number of nitrogens with one attached hydrogen (secondary N) is 2. The number of hydrogen-bond acceptors (Lipinski definition) is 5. The number of carbonyl (C=O) groups excluding carboxylic acids is 1. The Labute approximate surface area is 233 Å². The maximum atomic E-state index is 15.4. The normalized spacial score (nSPS) is 25.8. The van der Waals surface area contributed by atoms with Crippen LogP contribution in [-0.2, 0) is 10.3 Å². The average molecular weight is 577 g/mol. The van der Waals surface area contributed by atoms with Gasteiger partial charge in [0.1, 0.15) is 5.82 Å². The second-order valence-electron chi connectivity index (χ2n) is 10.7. The lowest BCUT2D eigenvalue weighted by Gasteiger charge is -2.40. The maximum absolute atomic E-state index is 15.4. The maximum Gasteiger partial charge on any atom is 0.237 e. The first-order valence-corrected chi connectivity index (χ1v) is 13.2. The Bertz CT molecular complexity index is 1050. The Balaban J connectivity index is 2.63. The van der Waals surface area contributed by atoms with Gasteiger partial charge in [0, 0.05) is 34.1 Å². The van der Waals surface area contributed by atoms with E-state index in [1.54, 1.807) is 31.2 Å². The number of nitrogens with two attached hydrogens (primary N) is 1. The van der Waals surface area contributed by atoms with E-state index in [1.165, 1.54) is 6.07 Å². The summed E-state index contributed by atoms with van der Waals surface area (Å²) in [5, 5.41) is 25.8. The molecule has 1 aromatic rings. The van der Waals surface area contributed by atoms with Crippen LogP contribution in [0.3, 0.4) is 0 Å². The van der Waals surface area contributed by atoms with Crippen molar-refractivity contribution in [2.24, 2.45) is 17.1 Å². The van der Waals surface area contributed by atoms with Gasteiger partial charge in [-0.1, -0.05) is 74.3 Å². The Kier molecular flexibility index (Phi) is 11.2. The average Bonchev–Trinajstić information content (AvgIpc) is 3.08. The molecule has 5 atom stereocenters. The van der Waals surface area contributed by atoms with E-state index in [0.717, 1.165) is 0 Å². The second-order valence-corrected chi connectivity index (χ2v) is 12.1. The van der Waals surface area contributed by atoms with E-state index >= 15 is 4.39 Å². The number of hydrogen-bond donors (Lipinski definition) is 5. The largest absolute Gasteiger partial charge is 0.394 e. The molecule has 37 heavy (non-hydrogen) atoms. The molecule has 0 aliphatic carbocycles. The van der Waals surface area contributed by atoms with Crippen molar-refractivity contribution >= 4 is 40.7 Å². The van der Waals surface area contributed by atoms with Crippen molar-refractivity contribution in [2.45, 2.75) is 64.3 Å². The predicted molar refractivity (Wildman–Crippen MR) is 149 cm³/mol. The van der Waals surface area contributed by atoms with Crippen molar-refractivity contribution in [3.05, 3.63) is 69.0 Å². The standard InChI is InChI=1S/C27H37Cl3FN3O3/c1-15(6-9-20(30)16(2)28)23-24(25(37)33-11-10-18(36)14-35)34-22(13-26(3,4)5)27(23,32)19-8-7-17(29)12-21(19)31/h6-9,12,18,22-24,34-36H,1,10-11,13-14,32H2,2-5H3,(H,33,37)/b9-6-,20-16-/t18-,22-,23-,24+,27+/m0/s1. The van der Waals surface area contributed by atoms with Gasteiger partial charge >= 0.3 is 0 Å². The zero-order valence-corrected chi connectivity index (χ0v) is 23.9. The summed E-state index contributed by atoms with van der Waals surface area (Å²) >= 11 is 18.2. The lowest BCUT2D eigenvalue weighted by molar-refractivity contribution is -0.123. The van der Waals surface area contributed by atoms with E-state index in [9.17, 15) is 9.90 Å². The Morgan fingerprint density at radius 1 is 1.35 bits per heavy atom. The highest BCUT2D eigenvalue weighted by atomic mass is 35.5. The van der Waals surface area contributed by atoms with E-state index in [0.29, 0.717) is 22.1 Å². The van der Waals surface area contributed by atoms with Gasteiger partial charge in [0.2, 0.25) is 5.91 Å². The van der Waals surface area contributed by atoms with Crippen molar-refractivity contribution in [3.8, 4) is 0 Å². The summed E-state index contributed by atoms with van der Waals surface area (Å²) < 4.78 is 15.4. The van der Waals surface area contributed by atoms with Crippen molar-refractivity contribution in [1.29, 1.82) is 0 Å². The molecule has 1 aromatic carbocycles. The van der Waals surface area contributed by atoms with Crippen LogP contribution in [-0.4, -0.2) is 47.5 Å². The van der Waals surface area contributed by atoms with Crippen molar-refractivity contribution < 1.29 is 19.4 Å². The minimum absolute atomic E-state index is 0.130. The minimum Gasteiger partial charge on any atom is -0.394 e. The molecule has 0 unspecified atom stereocenters. The molecular formula is C27H37Cl3FN3O3. The van der Waals surface area contributed by atoms with Crippen LogP contribution < -0.4 is 16.4 Å². The van der Waals surface area contributed by atoms with E-state index in [2.05, 4.69) is 17.2 Å². The van der Waals surface area contributed by atoms with E-state index in [-0.39, 0.29) is 34.9 Å². The molecule has 0 bridgehead atoms. The molecule has 6 nitrogen and oxygen atoms in total. The van der Waals surface area contributed by atoms with Gasteiger partial charge in [-0.25, -0.2) is 4.39 Å². The van der Waals surface area contributed by atoms with Crippen LogP contribution >= 0.6 is 34.8 Å². The molecule has 0 aromatic heterocycles. The molecule has 1 fully saturated rings. The summed E-state index contributed by atoms with van der Waals surface area (Å²) in [6.07, 6.45) is 2.93. The molecule has 1 aliphatic heterocycles. The summed E-state index contributed by atoms with van der Waals surface area (Å²) in [4.78, 5) is 13.4. The lowest BCUT2D eigenvalue weighted by atomic mass is 9.68. The number of amides is 1. The first kappa shape index (κ1) is 31.8. The molecule has 10 heteroatoms. The van der Waals surface area contributed by atoms with Crippen molar-refractivity contribution in [2.75, 3.05) is 13.2 Å². The third-order valence-corrected chi connectivity index (χ3v) is 7.41. The topological polar surface area (TPSA) is 108 Å². The minimum atomic E-state index is -1.39. The zero-order chi connectivity index (χ0) is 28.1. The lowest BCUT2D eigenvalue weighted by Crippen LogP contribution is -2.53. The van der Waals surface area contributed by atoms with E-state index < -0.39 is 42.1 Å². The number of aliphatic hydroxyl groups excluding tert-OH is 2. The number of rotatable bonds is 10. The molecule has 0 radical (unpaired) electrons. The number of carbonyl (C=O) groups is 1. The second kappa shape index (κ2) is 13.1. The highest BCUT2D eigenvalue weighted by Crippen LogP contribution is 2.47. The fourth-order valence-corrected chi connectivity index (χ4v) is 4.97. The Morgan fingerprint density at radius 3 is 2.54 bits per heavy atom. The predicted octanol–water partition coefficient (Wildman–Crippen LogP) is 4.71. The monoisotopic (exact) mass is 575 g/mol. The fourth-order valence-electron chi connectivity index (χ4n) is 4.69. The highest BCUT2D eigenvalue weighted by Gasteiger charge is 2.57. The van der Waals surface area contributed by atoms with E-state index in [4.69, 9.17) is 45.6 Å². The molecule has 1 heterocycles. The highest BCUT2D eigenvalue weighted by molar-refractivity contribution is 6.40. The number of halogens is 4. The Morgan fingerprint density at radius 2 is 2.00 bits per heavy atom. The number of aliphatic hydroxyl groups is 2. The molecule has 1 saturated heterocycles. The van der Waals surface area contributed by atoms with Gasteiger partial charge in [0.25, 0.3) is 0 Å². The molecule has 1 aliphatic rings. The fraction of sp³-hybridized carbons (Fsp3) is 0.519. The van der Waals surface area contributed by atoms with Crippen LogP contribution in [0.15, 0.2) is 52.6 Å². The van der Waals surface area contributed by atoms with Crippen LogP contribution in [0.1, 0.15) is 46.1 Å². The first-order valence-electron chi connectivity index (χ1n) is 12.1. The van der Waals surface area contributed by atoms with Crippen LogP contribution in [0.25, 0.3) is 0 Å². The van der Waals surface area contributed by atoms with Crippen LogP contribution in [0, 0.1) is 17.2 Å². The van der Waals surface area contributed by atoms with Gasteiger partial charge < -0.3 is 26.6 Å². The van der Waals surface area contributed by atoms with Gasteiger partial charge in [0.05, 0.1) is 29.3 Å². The van der Waals surface area contributed by atoms with Crippen LogP contribution in [0.5, 0.6) is 0 Å². The summed E-state index contributed by atoms with van der Waals surface area (Å²) in [5.74, 6) is -1.76. The van der Waals surface area contributed by atoms with Crippen LogP contribution in [0.4, 0.5) is 4.39 Å². The van der Waals surface area contributed by atoms with E-state index in [1.807, 2.05) is 20.8 Å². The van der Waals surface area contributed by atoms with Crippen molar-refractivity contribution in [1.82, 2.24) is 10.6 Å². The third kappa shape index (κ3) is 8.02. The molecule has 1 amide bonds. The summed E-state index contributed by atoms with van der Waals surface area (Å²) in [5.41, 5.74) is 6.21. The molecule has 0 saturated carbocycles. The summed E-state index contributed by atoms with van der Waals surface area (Å²) in [7, 11) is 0. The SMILES string of the molecule is C=C(/C=C\C(Cl)=C(/C)Cl)[C@H]1[C@H](C(=O)NCC[C@H](O)CO)N[C@@H](CC(C)(C)C)[C@]1(N)c1ccc(Cl)cc1F. The molecule has 2 rings (SSSR count). The molecule has 6 N–H and O–H groups in total. The smallest absolute Gasteiger partial charge is 0.237 e. The van der Waals surface area contributed by atoms with Crippen molar-refractivity contribution in [3.63, 3.8) is 0 Å². The summed E-state index contributed by atoms with van der Waals surface area (Å²) in [6, 6.07) is 2.93. The van der Waals surface area contributed by atoms with Gasteiger partial charge in [0.15, 0.2) is 0 Å². The number of benzene rings is 1. The molecule has 0 spiro atoms. The number of allylic oxidation sites excluding steroid dienone is 4. The molecular weight excluding hydrogens is 540 g/mol. The van der Waals surface area contributed by atoms with Gasteiger partial charge in [-0.05, 0) is 49.0 Å². The zero-order valence-electron chi connectivity index (χ0n) is 21.6. The summed E-state index contributed by atoms with van der Waals surface area (Å²) in [6.45, 7) is 11.7. The molecule has 206 valence electrons. The van der Waals surface area contributed by atoms with Gasteiger partial charge in [-0.15, -0.1) is 0 Å². The quantitative estimate of drug-likeness (QED) is 0.259. The van der Waals surface area contributed by atoms with Crippen LogP contribution in [0.2, 0.25) is 5.02 Å². The third-order valence-electron chi connectivity index (χ3n) is 6.46.